The second kappa shape index (κ2) is 4.12. The molecule has 2 rings (SSSR count). The standard InChI is InChI=1S/C11H13NO4S/c1-7(13)9-10(14)12-11(9)17(15,16)8-5-3-2-4-6-8/h2-7,9,11,13H,1H3,(H,12,14)/t7-,9+,11-/m1/s1. The molecule has 1 aliphatic heterocycles. The van der Waals surface area contributed by atoms with Gasteiger partial charge in [-0.1, -0.05) is 18.2 Å². The Morgan fingerprint density at radius 2 is 1.88 bits per heavy atom. The lowest BCUT2D eigenvalue weighted by molar-refractivity contribution is -0.137. The fraction of sp³-hybridized carbons (Fsp3) is 0.364. The minimum Gasteiger partial charge on any atom is -0.392 e. The van der Waals surface area contributed by atoms with Gasteiger partial charge in [0.25, 0.3) is 0 Å². The van der Waals surface area contributed by atoms with Crippen molar-refractivity contribution in [3.63, 3.8) is 0 Å². The summed E-state index contributed by atoms with van der Waals surface area (Å²) in [5.74, 6) is -1.32. The van der Waals surface area contributed by atoms with Crippen molar-refractivity contribution in [2.75, 3.05) is 0 Å². The summed E-state index contributed by atoms with van der Waals surface area (Å²) in [5.41, 5.74) is 0. The van der Waals surface area contributed by atoms with E-state index in [4.69, 9.17) is 0 Å². The molecule has 0 saturated carbocycles. The molecule has 0 bridgehead atoms. The zero-order valence-electron chi connectivity index (χ0n) is 9.20. The van der Waals surface area contributed by atoms with Crippen LogP contribution >= 0.6 is 0 Å². The van der Waals surface area contributed by atoms with Gasteiger partial charge in [-0.25, -0.2) is 8.42 Å². The molecule has 1 saturated heterocycles. The van der Waals surface area contributed by atoms with E-state index in [1.807, 2.05) is 0 Å². The van der Waals surface area contributed by atoms with E-state index in [0.29, 0.717) is 0 Å². The van der Waals surface area contributed by atoms with Gasteiger partial charge >= 0.3 is 0 Å². The van der Waals surface area contributed by atoms with Gasteiger partial charge in [0.2, 0.25) is 5.91 Å². The van der Waals surface area contributed by atoms with Gasteiger partial charge in [-0.15, -0.1) is 0 Å². The monoisotopic (exact) mass is 255 g/mol. The molecule has 1 aromatic rings. The number of sulfone groups is 1. The van der Waals surface area contributed by atoms with E-state index in [9.17, 15) is 18.3 Å². The Bertz CT molecular complexity index is 524. The van der Waals surface area contributed by atoms with Gasteiger partial charge in [0.1, 0.15) is 5.37 Å². The van der Waals surface area contributed by atoms with Gasteiger partial charge < -0.3 is 10.4 Å². The molecule has 5 nitrogen and oxygen atoms in total. The van der Waals surface area contributed by atoms with Crippen molar-refractivity contribution in [1.82, 2.24) is 5.32 Å². The van der Waals surface area contributed by atoms with E-state index in [1.165, 1.54) is 19.1 Å². The van der Waals surface area contributed by atoms with Gasteiger partial charge in [-0.05, 0) is 19.1 Å². The molecule has 0 radical (unpaired) electrons. The zero-order valence-corrected chi connectivity index (χ0v) is 10.0. The first-order chi connectivity index (χ1) is 7.94. The average Bonchev–Trinajstić information content (AvgIpc) is 2.26. The highest BCUT2D eigenvalue weighted by molar-refractivity contribution is 7.92. The molecule has 1 amide bonds. The number of β-lactam (4-membered cyclic amide) rings is 1. The first kappa shape index (κ1) is 12.1. The summed E-state index contributed by atoms with van der Waals surface area (Å²) in [4.78, 5) is 11.4. The van der Waals surface area contributed by atoms with E-state index in [1.54, 1.807) is 18.2 Å². The van der Waals surface area contributed by atoms with Crippen molar-refractivity contribution in [2.45, 2.75) is 23.3 Å². The molecular weight excluding hydrogens is 242 g/mol. The minimum atomic E-state index is -3.62. The van der Waals surface area contributed by atoms with Gasteiger partial charge in [-0.3, -0.25) is 4.79 Å². The van der Waals surface area contributed by atoms with Crippen molar-refractivity contribution in [3.8, 4) is 0 Å². The highest BCUT2D eigenvalue weighted by Gasteiger charge is 2.50. The molecule has 2 N–H and O–H groups in total. The van der Waals surface area contributed by atoms with Gasteiger partial charge in [-0.2, -0.15) is 0 Å². The molecule has 0 unspecified atom stereocenters. The van der Waals surface area contributed by atoms with Crippen molar-refractivity contribution < 1.29 is 18.3 Å². The van der Waals surface area contributed by atoms with Crippen molar-refractivity contribution in [2.24, 2.45) is 5.92 Å². The normalized spacial score (nSPS) is 25.9. The van der Waals surface area contributed by atoms with Crippen LogP contribution in [0.25, 0.3) is 0 Å². The maximum Gasteiger partial charge on any atom is 0.229 e. The lowest BCUT2D eigenvalue weighted by Crippen LogP contribution is -2.64. The van der Waals surface area contributed by atoms with Gasteiger partial charge in [0, 0.05) is 0 Å². The number of benzene rings is 1. The van der Waals surface area contributed by atoms with Crippen molar-refractivity contribution in [1.29, 1.82) is 0 Å². The van der Waals surface area contributed by atoms with Crippen LogP contribution in [0, 0.1) is 5.92 Å². The topological polar surface area (TPSA) is 83.5 Å². The Morgan fingerprint density at radius 3 is 2.35 bits per heavy atom. The van der Waals surface area contributed by atoms with Crippen LogP contribution in [-0.4, -0.2) is 30.9 Å². The van der Waals surface area contributed by atoms with Crippen LogP contribution in [0.3, 0.4) is 0 Å². The quantitative estimate of drug-likeness (QED) is 0.740. The summed E-state index contributed by atoms with van der Waals surface area (Å²) in [6.45, 7) is 1.41. The lowest BCUT2D eigenvalue weighted by atomic mass is 9.96. The maximum absolute atomic E-state index is 12.1. The second-order valence-electron chi connectivity index (χ2n) is 4.05. The third kappa shape index (κ3) is 1.94. The van der Waals surface area contributed by atoms with Crippen LogP contribution in [0.15, 0.2) is 35.2 Å². The Balaban J connectivity index is 2.33. The minimum absolute atomic E-state index is 0.149. The van der Waals surface area contributed by atoms with Crippen LogP contribution in [0.4, 0.5) is 0 Å². The number of carbonyl (C=O) groups excluding carboxylic acids is 1. The van der Waals surface area contributed by atoms with E-state index in [-0.39, 0.29) is 4.90 Å². The summed E-state index contributed by atoms with van der Waals surface area (Å²) in [6.07, 6.45) is -0.979. The van der Waals surface area contributed by atoms with Gasteiger partial charge in [0.15, 0.2) is 9.84 Å². The third-order valence-electron chi connectivity index (χ3n) is 2.84. The number of aliphatic hydroxyl groups is 1. The van der Waals surface area contributed by atoms with E-state index < -0.39 is 33.1 Å². The molecule has 17 heavy (non-hydrogen) atoms. The molecule has 1 aliphatic rings. The number of amides is 1. The Labute approximate surface area is 99.4 Å². The SMILES string of the molecule is C[C@@H](O)[C@H]1C(=O)N[C@@H]1S(=O)(=O)c1ccccc1. The van der Waals surface area contributed by atoms with Crippen LogP contribution in [-0.2, 0) is 14.6 Å². The number of hydrogen-bond donors (Lipinski definition) is 2. The van der Waals surface area contributed by atoms with Crippen molar-refractivity contribution >= 4 is 15.7 Å². The number of carbonyl (C=O) groups is 1. The zero-order chi connectivity index (χ0) is 12.6. The molecule has 0 aromatic heterocycles. The molecule has 1 heterocycles. The molecule has 1 aromatic carbocycles. The Morgan fingerprint density at radius 1 is 1.29 bits per heavy atom. The number of nitrogens with one attached hydrogen (secondary N) is 1. The number of aliphatic hydroxyl groups excluding tert-OH is 1. The predicted octanol–water partition coefficient (Wildman–Crippen LogP) is -0.0868. The molecule has 3 atom stereocenters. The summed E-state index contributed by atoms with van der Waals surface area (Å²) >= 11 is 0. The van der Waals surface area contributed by atoms with Crippen LogP contribution in [0.1, 0.15) is 6.92 Å². The Hall–Kier alpha value is -1.40. The summed E-state index contributed by atoms with van der Waals surface area (Å²) in [7, 11) is -3.62. The molecule has 0 aliphatic carbocycles. The second-order valence-corrected chi connectivity index (χ2v) is 6.12. The van der Waals surface area contributed by atoms with E-state index in [2.05, 4.69) is 5.32 Å². The predicted molar refractivity (Wildman–Crippen MR) is 60.7 cm³/mol. The number of hydrogen-bond acceptors (Lipinski definition) is 4. The summed E-state index contributed by atoms with van der Waals surface area (Å²) in [6, 6.07) is 7.89. The highest BCUT2D eigenvalue weighted by Crippen LogP contribution is 2.28. The fourth-order valence-electron chi connectivity index (χ4n) is 1.87. The smallest absolute Gasteiger partial charge is 0.229 e. The highest BCUT2D eigenvalue weighted by atomic mass is 32.2. The summed E-state index contributed by atoms with van der Waals surface area (Å²) < 4.78 is 24.3. The van der Waals surface area contributed by atoms with E-state index in [0.717, 1.165) is 0 Å². The van der Waals surface area contributed by atoms with Crippen LogP contribution in [0.5, 0.6) is 0 Å². The molecule has 6 heteroatoms. The first-order valence-corrected chi connectivity index (χ1v) is 6.76. The maximum atomic E-state index is 12.1. The van der Waals surface area contributed by atoms with Crippen molar-refractivity contribution in [3.05, 3.63) is 30.3 Å². The first-order valence-electron chi connectivity index (χ1n) is 5.22. The molecule has 1 fully saturated rings. The average molecular weight is 255 g/mol. The van der Waals surface area contributed by atoms with Crippen LogP contribution in [0.2, 0.25) is 0 Å². The number of rotatable bonds is 3. The summed E-state index contributed by atoms with van der Waals surface area (Å²) in [5, 5.41) is 10.7. The van der Waals surface area contributed by atoms with Crippen LogP contribution < -0.4 is 5.32 Å². The van der Waals surface area contributed by atoms with Gasteiger partial charge in [0.05, 0.1) is 16.9 Å². The third-order valence-corrected chi connectivity index (χ3v) is 4.85. The largest absolute Gasteiger partial charge is 0.392 e. The lowest BCUT2D eigenvalue weighted by Gasteiger charge is -2.37. The molecule has 0 spiro atoms. The fourth-order valence-corrected chi connectivity index (χ4v) is 3.70. The molecule has 92 valence electrons. The van der Waals surface area contributed by atoms with E-state index >= 15 is 0 Å². The Kier molecular flexibility index (Phi) is 2.92. The molecular formula is C11H13NO4S.